The largest absolute Gasteiger partial charge is 0.294 e. The standard InChI is InChI=1S/C15H15FN2O/c1-9-7-13-15(14(19)8-9)10(2)17-18(13)12-6-4-3-5-11(12)16/h3-6,9H,7-8H2,1-2H3/t9-/m1/s1. The van der Waals surface area contributed by atoms with Crippen LogP contribution in [0, 0.1) is 18.7 Å². The highest BCUT2D eigenvalue weighted by molar-refractivity contribution is 5.99. The van der Waals surface area contributed by atoms with E-state index >= 15 is 0 Å². The summed E-state index contributed by atoms with van der Waals surface area (Å²) < 4.78 is 15.5. The highest BCUT2D eigenvalue weighted by Crippen LogP contribution is 2.30. The first kappa shape index (κ1) is 12.1. The lowest BCUT2D eigenvalue weighted by Gasteiger charge is -2.19. The van der Waals surface area contributed by atoms with Crippen LogP contribution in [0.2, 0.25) is 0 Å². The smallest absolute Gasteiger partial charge is 0.166 e. The van der Waals surface area contributed by atoms with Crippen molar-refractivity contribution in [2.75, 3.05) is 0 Å². The van der Waals surface area contributed by atoms with Crippen molar-refractivity contribution in [3.63, 3.8) is 0 Å². The molecule has 3 rings (SSSR count). The number of hydrogen-bond acceptors (Lipinski definition) is 2. The first-order chi connectivity index (χ1) is 9.08. The van der Waals surface area contributed by atoms with Crippen LogP contribution in [0.25, 0.3) is 5.69 Å². The minimum atomic E-state index is -0.321. The zero-order chi connectivity index (χ0) is 13.6. The fourth-order valence-corrected chi connectivity index (χ4v) is 2.77. The van der Waals surface area contributed by atoms with E-state index in [0.29, 0.717) is 23.4 Å². The van der Waals surface area contributed by atoms with Gasteiger partial charge in [-0.25, -0.2) is 9.07 Å². The summed E-state index contributed by atoms with van der Waals surface area (Å²) in [5.74, 6) is 0.0777. The number of carbonyl (C=O) groups is 1. The number of rotatable bonds is 1. The molecule has 0 radical (unpaired) electrons. The number of Topliss-reactive ketones (excluding diaryl/α,β-unsaturated/α-hetero) is 1. The molecular formula is C15H15FN2O. The fourth-order valence-electron chi connectivity index (χ4n) is 2.77. The second-order valence-corrected chi connectivity index (χ2v) is 5.21. The molecule has 1 aliphatic rings. The summed E-state index contributed by atoms with van der Waals surface area (Å²) in [4.78, 5) is 12.1. The first-order valence-corrected chi connectivity index (χ1v) is 6.44. The van der Waals surface area contributed by atoms with Gasteiger partial charge in [0.2, 0.25) is 0 Å². The van der Waals surface area contributed by atoms with Gasteiger partial charge >= 0.3 is 0 Å². The van der Waals surface area contributed by atoms with E-state index < -0.39 is 0 Å². The molecule has 0 saturated carbocycles. The number of para-hydroxylation sites is 1. The number of aryl methyl sites for hydroxylation is 1. The lowest BCUT2D eigenvalue weighted by atomic mass is 9.87. The summed E-state index contributed by atoms with van der Waals surface area (Å²) in [7, 11) is 0. The molecule has 0 spiro atoms. The molecule has 0 aliphatic heterocycles. The third-order valence-electron chi connectivity index (χ3n) is 3.59. The van der Waals surface area contributed by atoms with Crippen molar-refractivity contribution >= 4 is 5.78 Å². The lowest BCUT2D eigenvalue weighted by Crippen LogP contribution is -2.20. The summed E-state index contributed by atoms with van der Waals surface area (Å²) in [6.07, 6.45) is 1.31. The predicted octanol–water partition coefficient (Wildman–Crippen LogP) is 3.08. The van der Waals surface area contributed by atoms with Gasteiger partial charge in [-0.2, -0.15) is 5.10 Å². The second kappa shape index (κ2) is 4.30. The third-order valence-corrected chi connectivity index (χ3v) is 3.59. The van der Waals surface area contributed by atoms with E-state index in [2.05, 4.69) is 5.10 Å². The normalized spacial score (nSPS) is 18.5. The molecule has 1 aromatic heterocycles. The second-order valence-electron chi connectivity index (χ2n) is 5.21. The molecule has 1 aromatic carbocycles. The van der Waals surface area contributed by atoms with Gasteiger partial charge in [0.05, 0.1) is 17.0 Å². The minimum absolute atomic E-state index is 0.119. The van der Waals surface area contributed by atoms with Crippen LogP contribution in [0.4, 0.5) is 4.39 Å². The summed E-state index contributed by atoms with van der Waals surface area (Å²) in [6.45, 7) is 3.85. The molecule has 0 amide bonds. The molecule has 4 heteroatoms. The van der Waals surface area contributed by atoms with Gasteiger partial charge in [-0.05, 0) is 31.4 Å². The Morgan fingerprint density at radius 1 is 1.32 bits per heavy atom. The maximum absolute atomic E-state index is 13.9. The van der Waals surface area contributed by atoms with Crippen molar-refractivity contribution in [3.05, 3.63) is 47.0 Å². The lowest BCUT2D eigenvalue weighted by molar-refractivity contribution is 0.0952. The molecule has 0 unspecified atom stereocenters. The van der Waals surface area contributed by atoms with E-state index in [1.807, 2.05) is 13.8 Å². The molecular weight excluding hydrogens is 243 g/mol. The number of halogens is 1. The number of ketones is 1. The number of nitrogens with zero attached hydrogens (tertiary/aromatic N) is 2. The molecule has 2 aromatic rings. The monoisotopic (exact) mass is 258 g/mol. The average molecular weight is 258 g/mol. The van der Waals surface area contributed by atoms with Crippen LogP contribution in [0.15, 0.2) is 24.3 Å². The van der Waals surface area contributed by atoms with Gasteiger partial charge in [-0.3, -0.25) is 4.79 Å². The Kier molecular flexibility index (Phi) is 2.73. The molecule has 0 fully saturated rings. The topological polar surface area (TPSA) is 34.9 Å². The Balaban J connectivity index is 2.22. The predicted molar refractivity (Wildman–Crippen MR) is 70.1 cm³/mol. The van der Waals surface area contributed by atoms with Crippen LogP contribution in [0.1, 0.15) is 35.1 Å². The summed E-state index contributed by atoms with van der Waals surface area (Å²) in [5, 5.41) is 4.36. The fraction of sp³-hybridized carbons (Fsp3) is 0.333. The average Bonchev–Trinajstić information content (AvgIpc) is 2.67. The zero-order valence-electron chi connectivity index (χ0n) is 11.0. The Morgan fingerprint density at radius 2 is 2.05 bits per heavy atom. The molecule has 1 heterocycles. The van der Waals surface area contributed by atoms with Crippen molar-refractivity contribution in [2.24, 2.45) is 5.92 Å². The summed E-state index contributed by atoms with van der Waals surface area (Å²) in [5.41, 5.74) is 2.62. The van der Waals surface area contributed by atoms with Crippen LogP contribution in [-0.2, 0) is 6.42 Å². The number of aromatic nitrogens is 2. The van der Waals surface area contributed by atoms with Gasteiger partial charge in [0.1, 0.15) is 11.5 Å². The number of carbonyl (C=O) groups excluding carboxylic acids is 1. The zero-order valence-corrected chi connectivity index (χ0v) is 11.0. The van der Waals surface area contributed by atoms with Gasteiger partial charge < -0.3 is 0 Å². The van der Waals surface area contributed by atoms with Crippen molar-refractivity contribution in [1.82, 2.24) is 9.78 Å². The van der Waals surface area contributed by atoms with Crippen LogP contribution in [-0.4, -0.2) is 15.6 Å². The number of fused-ring (bicyclic) bond motifs is 1. The highest BCUT2D eigenvalue weighted by Gasteiger charge is 2.29. The molecule has 98 valence electrons. The molecule has 3 nitrogen and oxygen atoms in total. The van der Waals surface area contributed by atoms with E-state index in [-0.39, 0.29) is 17.5 Å². The van der Waals surface area contributed by atoms with Gasteiger partial charge in [0, 0.05) is 6.42 Å². The molecule has 19 heavy (non-hydrogen) atoms. The van der Waals surface area contributed by atoms with E-state index in [1.165, 1.54) is 6.07 Å². The Bertz CT molecular complexity index is 660. The molecule has 0 saturated heterocycles. The van der Waals surface area contributed by atoms with Gasteiger partial charge in [0.15, 0.2) is 5.78 Å². The van der Waals surface area contributed by atoms with Gasteiger partial charge in [0.25, 0.3) is 0 Å². The highest BCUT2D eigenvalue weighted by atomic mass is 19.1. The molecule has 0 N–H and O–H groups in total. The minimum Gasteiger partial charge on any atom is -0.294 e. The van der Waals surface area contributed by atoms with Gasteiger partial charge in [-0.15, -0.1) is 0 Å². The molecule has 1 atom stereocenters. The molecule has 0 bridgehead atoms. The van der Waals surface area contributed by atoms with Crippen LogP contribution >= 0.6 is 0 Å². The Morgan fingerprint density at radius 3 is 2.79 bits per heavy atom. The SMILES string of the molecule is Cc1nn(-c2ccccc2F)c2c1C(=O)C[C@H](C)C2. The number of benzene rings is 1. The van der Waals surface area contributed by atoms with Gasteiger partial charge in [-0.1, -0.05) is 19.1 Å². The van der Waals surface area contributed by atoms with Crippen molar-refractivity contribution < 1.29 is 9.18 Å². The summed E-state index contributed by atoms with van der Waals surface area (Å²) in [6, 6.07) is 6.52. The van der Waals surface area contributed by atoms with E-state index in [1.54, 1.807) is 22.9 Å². The third kappa shape index (κ3) is 1.87. The van der Waals surface area contributed by atoms with Crippen LogP contribution in [0.5, 0.6) is 0 Å². The summed E-state index contributed by atoms with van der Waals surface area (Å²) >= 11 is 0. The van der Waals surface area contributed by atoms with E-state index in [9.17, 15) is 9.18 Å². The van der Waals surface area contributed by atoms with E-state index in [4.69, 9.17) is 0 Å². The van der Waals surface area contributed by atoms with E-state index in [0.717, 1.165) is 12.1 Å². The Labute approximate surface area is 111 Å². The maximum atomic E-state index is 13.9. The molecule has 1 aliphatic carbocycles. The quantitative estimate of drug-likeness (QED) is 0.787. The van der Waals surface area contributed by atoms with Crippen molar-refractivity contribution in [1.29, 1.82) is 0 Å². The van der Waals surface area contributed by atoms with Crippen LogP contribution < -0.4 is 0 Å². The maximum Gasteiger partial charge on any atom is 0.166 e. The Hall–Kier alpha value is -1.97. The number of hydrogen-bond donors (Lipinski definition) is 0. The van der Waals surface area contributed by atoms with Crippen molar-refractivity contribution in [2.45, 2.75) is 26.7 Å². The van der Waals surface area contributed by atoms with Crippen LogP contribution in [0.3, 0.4) is 0 Å². The first-order valence-electron chi connectivity index (χ1n) is 6.44. The van der Waals surface area contributed by atoms with Crippen molar-refractivity contribution in [3.8, 4) is 5.69 Å².